The Labute approximate surface area is 122 Å². The molecule has 1 fully saturated rings. The Hall–Kier alpha value is -1.63. The molecular weight excluding hydrogens is 282 g/mol. The maximum absolute atomic E-state index is 12.0. The lowest BCUT2D eigenvalue weighted by Gasteiger charge is -2.41. The Bertz CT molecular complexity index is 509. The van der Waals surface area contributed by atoms with Crippen molar-refractivity contribution in [2.75, 3.05) is 24.6 Å². The normalized spacial score (nSPS) is 17.8. The highest BCUT2D eigenvalue weighted by Gasteiger charge is 2.39. The minimum Gasteiger partial charge on any atom is -0.463 e. The third-order valence-corrected chi connectivity index (χ3v) is 3.27. The maximum Gasteiger partial charge on any atom is 0.322 e. The number of carbonyl (C=O) groups is 1. The number of anilines is 1. The van der Waals surface area contributed by atoms with E-state index in [9.17, 15) is 4.79 Å². The van der Waals surface area contributed by atoms with Crippen molar-refractivity contribution >= 4 is 23.5 Å². The average Bonchev–Trinajstić information content (AvgIpc) is 2.39. The first-order valence-electron chi connectivity index (χ1n) is 6.55. The van der Waals surface area contributed by atoms with Gasteiger partial charge >= 0.3 is 6.01 Å². The van der Waals surface area contributed by atoms with E-state index in [1.807, 2.05) is 20.8 Å². The summed E-state index contributed by atoms with van der Waals surface area (Å²) in [5.74, 6) is 0.285. The molecule has 7 nitrogen and oxygen atoms in total. The molecule has 2 heterocycles. The van der Waals surface area contributed by atoms with E-state index in [-0.39, 0.29) is 17.2 Å². The molecule has 1 aromatic rings. The summed E-state index contributed by atoms with van der Waals surface area (Å²) in [4.78, 5) is 26.0. The fraction of sp³-hybridized carbons (Fsp3) is 0.667. The van der Waals surface area contributed by atoms with Gasteiger partial charge < -0.3 is 15.0 Å². The van der Waals surface area contributed by atoms with E-state index in [0.717, 1.165) is 6.42 Å². The number of hydrogen-bond donors (Lipinski definition) is 1. The molecule has 1 saturated heterocycles. The molecule has 1 aliphatic heterocycles. The van der Waals surface area contributed by atoms with Crippen LogP contribution in [0.15, 0.2) is 0 Å². The molecule has 0 aliphatic carbocycles. The molecule has 0 atom stereocenters. The van der Waals surface area contributed by atoms with Crippen molar-refractivity contribution < 1.29 is 9.53 Å². The average molecular weight is 300 g/mol. The summed E-state index contributed by atoms with van der Waals surface area (Å²) in [5, 5.41) is 2.88. The molecule has 0 unspecified atom stereocenters. The Morgan fingerprint density at radius 3 is 2.85 bits per heavy atom. The predicted octanol–water partition coefficient (Wildman–Crippen LogP) is 1.03. The summed E-state index contributed by atoms with van der Waals surface area (Å²) < 4.78 is 5.39. The van der Waals surface area contributed by atoms with Gasteiger partial charge in [-0.2, -0.15) is 15.0 Å². The first-order valence-corrected chi connectivity index (χ1v) is 6.93. The van der Waals surface area contributed by atoms with Crippen LogP contribution in [0.5, 0.6) is 6.01 Å². The summed E-state index contributed by atoms with van der Waals surface area (Å²) in [6.45, 7) is 7.26. The molecule has 1 aromatic heterocycles. The van der Waals surface area contributed by atoms with E-state index in [2.05, 4.69) is 20.3 Å². The van der Waals surface area contributed by atoms with Gasteiger partial charge in [-0.15, -0.1) is 0 Å². The van der Waals surface area contributed by atoms with Gasteiger partial charge in [0, 0.05) is 13.1 Å². The molecule has 2 rings (SSSR count). The van der Waals surface area contributed by atoms with Crippen molar-refractivity contribution in [1.82, 2.24) is 20.3 Å². The van der Waals surface area contributed by atoms with Crippen LogP contribution in [0.1, 0.15) is 27.2 Å². The minimum absolute atomic E-state index is 0.0582. The number of ether oxygens (including phenoxy) is 1. The lowest BCUT2D eigenvalue weighted by atomic mass is 10.00. The predicted molar refractivity (Wildman–Crippen MR) is 75.1 cm³/mol. The fourth-order valence-corrected chi connectivity index (χ4v) is 2.10. The van der Waals surface area contributed by atoms with Gasteiger partial charge in [0.2, 0.25) is 17.1 Å². The highest BCUT2D eigenvalue weighted by molar-refractivity contribution is 6.28. The minimum atomic E-state index is -0.745. The quantitative estimate of drug-likeness (QED) is 0.894. The smallest absolute Gasteiger partial charge is 0.322 e. The SMILES string of the molecule is CCCOc1nc(Cl)nc(N2CCNC(=O)C2(C)C)n1. The van der Waals surface area contributed by atoms with Crippen LogP contribution in [-0.2, 0) is 4.79 Å². The van der Waals surface area contributed by atoms with Gasteiger partial charge in [0.1, 0.15) is 5.54 Å². The molecule has 0 bridgehead atoms. The topological polar surface area (TPSA) is 80.2 Å². The van der Waals surface area contributed by atoms with Gasteiger partial charge in [0.25, 0.3) is 0 Å². The molecule has 1 amide bonds. The van der Waals surface area contributed by atoms with Gasteiger partial charge in [-0.25, -0.2) is 0 Å². The number of carbonyl (C=O) groups excluding carboxylic acids is 1. The van der Waals surface area contributed by atoms with Crippen LogP contribution >= 0.6 is 11.6 Å². The standard InChI is InChI=1S/C12H18ClN5O2/c1-4-7-20-11-16-9(13)15-10(17-11)18-6-5-14-8(19)12(18,2)3/h4-7H2,1-3H3,(H,14,19). The van der Waals surface area contributed by atoms with E-state index >= 15 is 0 Å². The van der Waals surface area contributed by atoms with Gasteiger partial charge in [0.15, 0.2) is 0 Å². The monoisotopic (exact) mass is 299 g/mol. The number of nitrogens with zero attached hydrogens (tertiary/aromatic N) is 4. The van der Waals surface area contributed by atoms with Crippen LogP contribution in [0, 0.1) is 0 Å². The summed E-state index contributed by atoms with van der Waals surface area (Å²) in [6, 6.07) is 0.184. The zero-order chi connectivity index (χ0) is 14.8. The Kier molecular flexibility index (Phi) is 4.27. The zero-order valence-electron chi connectivity index (χ0n) is 11.8. The van der Waals surface area contributed by atoms with Crippen molar-refractivity contribution in [1.29, 1.82) is 0 Å². The molecule has 0 radical (unpaired) electrons. The third-order valence-electron chi connectivity index (χ3n) is 3.10. The maximum atomic E-state index is 12.0. The lowest BCUT2D eigenvalue weighted by molar-refractivity contribution is -0.126. The summed E-state index contributed by atoms with van der Waals surface area (Å²) in [5.41, 5.74) is -0.745. The zero-order valence-corrected chi connectivity index (χ0v) is 12.6. The molecule has 20 heavy (non-hydrogen) atoms. The lowest BCUT2D eigenvalue weighted by Crippen LogP contribution is -2.62. The van der Waals surface area contributed by atoms with Crippen molar-refractivity contribution in [2.45, 2.75) is 32.7 Å². The van der Waals surface area contributed by atoms with Crippen LogP contribution in [0.3, 0.4) is 0 Å². The molecule has 0 aromatic carbocycles. The second kappa shape index (κ2) is 5.78. The Morgan fingerprint density at radius 2 is 2.15 bits per heavy atom. The highest BCUT2D eigenvalue weighted by atomic mass is 35.5. The van der Waals surface area contributed by atoms with Gasteiger partial charge in [-0.1, -0.05) is 6.92 Å². The third kappa shape index (κ3) is 2.92. The van der Waals surface area contributed by atoms with Crippen molar-refractivity contribution in [3.8, 4) is 6.01 Å². The van der Waals surface area contributed by atoms with Crippen LogP contribution in [-0.4, -0.2) is 46.1 Å². The van der Waals surface area contributed by atoms with E-state index in [0.29, 0.717) is 25.6 Å². The largest absolute Gasteiger partial charge is 0.463 e. The molecule has 0 saturated carbocycles. The molecular formula is C12H18ClN5O2. The number of piperazine rings is 1. The van der Waals surface area contributed by atoms with Crippen LogP contribution < -0.4 is 15.0 Å². The number of hydrogen-bond acceptors (Lipinski definition) is 6. The highest BCUT2D eigenvalue weighted by Crippen LogP contribution is 2.25. The van der Waals surface area contributed by atoms with Crippen molar-refractivity contribution in [3.63, 3.8) is 0 Å². The van der Waals surface area contributed by atoms with Crippen LogP contribution in [0.4, 0.5) is 5.95 Å². The van der Waals surface area contributed by atoms with E-state index in [4.69, 9.17) is 16.3 Å². The van der Waals surface area contributed by atoms with Crippen molar-refractivity contribution in [2.24, 2.45) is 0 Å². The molecule has 8 heteroatoms. The fourth-order valence-electron chi connectivity index (χ4n) is 1.95. The number of aromatic nitrogens is 3. The Balaban J connectivity index is 2.31. The number of rotatable bonds is 4. The van der Waals surface area contributed by atoms with Gasteiger partial charge in [0.05, 0.1) is 6.61 Å². The number of nitrogens with one attached hydrogen (secondary N) is 1. The molecule has 1 N–H and O–H groups in total. The van der Waals surface area contributed by atoms with Gasteiger partial charge in [-0.05, 0) is 31.9 Å². The first kappa shape index (κ1) is 14.8. The van der Waals surface area contributed by atoms with Crippen molar-refractivity contribution in [3.05, 3.63) is 5.28 Å². The Morgan fingerprint density at radius 1 is 1.40 bits per heavy atom. The summed E-state index contributed by atoms with van der Waals surface area (Å²) >= 11 is 5.91. The second-order valence-electron chi connectivity index (χ2n) is 5.00. The van der Waals surface area contributed by atoms with Gasteiger partial charge in [-0.3, -0.25) is 4.79 Å². The summed E-state index contributed by atoms with van der Waals surface area (Å²) in [7, 11) is 0. The summed E-state index contributed by atoms with van der Waals surface area (Å²) in [6.07, 6.45) is 0.844. The second-order valence-corrected chi connectivity index (χ2v) is 5.34. The van der Waals surface area contributed by atoms with Crippen LogP contribution in [0.2, 0.25) is 5.28 Å². The van der Waals surface area contributed by atoms with E-state index < -0.39 is 5.54 Å². The van der Waals surface area contributed by atoms with E-state index in [1.165, 1.54) is 0 Å². The van der Waals surface area contributed by atoms with Crippen LogP contribution in [0.25, 0.3) is 0 Å². The molecule has 110 valence electrons. The van der Waals surface area contributed by atoms with E-state index in [1.54, 1.807) is 4.90 Å². The first-order chi connectivity index (χ1) is 9.45. The number of amides is 1. The molecule has 0 spiro atoms. The molecule has 1 aliphatic rings. The number of halogens is 1.